The molecule has 132 valence electrons. The molecule has 1 aliphatic rings. The summed E-state index contributed by atoms with van der Waals surface area (Å²) < 4.78 is 12.1. The van der Waals surface area contributed by atoms with Gasteiger partial charge in [0, 0.05) is 6.42 Å². The zero-order valence-corrected chi connectivity index (χ0v) is 13.4. The standard InChI is InChI=1S/C15H17N5O5/c1-2-11(21)24-5-9-12(22)13(23)15(6-16,25-9)10-4-3-8-14(17)19-18-7-20(8)10/h3-4,7,9,12-13,22-23H,2,5H2,1H3,(H2,17,19)/t9-,12-,13-,15+/m1/s1. The number of nitriles is 1. The minimum Gasteiger partial charge on any atom is -0.463 e. The highest BCUT2D eigenvalue weighted by Crippen LogP contribution is 2.40. The second kappa shape index (κ2) is 6.29. The predicted octanol–water partition coefficient (Wildman–Crippen LogP) is -0.896. The number of nitrogens with two attached hydrogens (primary N) is 1. The van der Waals surface area contributed by atoms with Crippen molar-refractivity contribution >= 4 is 17.3 Å². The van der Waals surface area contributed by atoms with Crippen LogP contribution in [0.3, 0.4) is 0 Å². The van der Waals surface area contributed by atoms with E-state index in [1.807, 2.05) is 6.07 Å². The van der Waals surface area contributed by atoms with Crippen molar-refractivity contribution in [3.8, 4) is 6.07 Å². The Bertz CT molecular complexity index is 846. The summed E-state index contributed by atoms with van der Waals surface area (Å²) in [4.78, 5) is 11.3. The second-order valence-electron chi connectivity index (χ2n) is 5.67. The summed E-state index contributed by atoms with van der Waals surface area (Å²) in [7, 11) is 0. The van der Waals surface area contributed by atoms with Gasteiger partial charge in [-0.25, -0.2) is 0 Å². The van der Waals surface area contributed by atoms with Crippen LogP contribution in [0.2, 0.25) is 0 Å². The third-order valence-corrected chi connectivity index (χ3v) is 4.22. The van der Waals surface area contributed by atoms with E-state index in [-0.39, 0.29) is 24.5 Å². The van der Waals surface area contributed by atoms with Gasteiger partial charge in [-0.05, 0) is 12.1 Å². The fourth-order valence-corrected chi connectivity index (χ4v) is 2.87. The number of hydrogen-bond acceptors (Lipinski definition) is 9. The van der Waals surface area contributed by atoms with Gasteiger partial charge in [-0.15, -0.1) is 10.2 Å². The molecule has 0 aromatic carbocycles. The summed E-state index contributed by atoms with van der Waals surface area (Å²) in [6.07, 6.45) is -2.54. The van der Waals surface area contributed by atoms with Crippen LogP contribution in [0.4, 0.5) is 5.82 Å². The number of nitrogen functional groups attached to an aromatic ring is 1. The van der Waals surface area contributed by atoms with Crippen LogP contribution in [0, 0.1) is 11.3 Å². The maximum atomic E-state index is 11.3. The van der Waals surface area contributed by atoms with Gasteiger partial charge in [-0.2, -0.15) is 5.26 Å². The first-order valence-electron chi connectivity index (χ1n) is 7.64. The number of hydrogen-bond donors (Lipinski definition) is 3. The van der Waals surface area contributed by atoms with Gasteiger partial charge in [0.15, 0.2) is 5.82 Å². The third-order valence-electron chi connectivity index (χ3n) is 4.22. The molecule has 25 heavy (non-hydrogen) atoms. The van der Waals surface area contributed by atoms with Gasteiger partial charge in [0.25, 0.3) is 0 Å². The molecular weight excluding hydrogens is 330 g/mol. The molecule has 10 heteroatoms. The van der Waals surface area contributed by atoms with Crippen molar-refractivity contribution in [3.05, 3.63) is 24.2 Å². The molecule has 4 atom stereocenters. The van der Waals surface area contributed by atoms with Gasteiger partial charge in [-0.1, -0.05) is 6.92 Å². The van der Waals surface area contributed by atoms with Gasteiger partial charge in [0.2, 0.25) is 5.60 Å². The Balaban J connectivity index is 1.98. The van der Waals surface area contributed by atoms with Crippen molar-refractivity contribution in [2.24, 2.45) is 0 Å². The molecular formula is C15H17N5O5. The van der Waals surface area contributed by atoms with Crippen LogP contribution in [0.5, 0.6) is 0 Å². The van der Waals surface area contributed by atoms with E-state index >= 15 is 0 Å². The molecule has 3 heterocycles. The van der Waals surface area contributed by atoms with Gasteiger partial charge in [0.05, 0.1) is 11.2 Å². The van der Waals surface area contributed by atoms with E-state index in [0.717, 1.165) is 0 Å². The minimum atomic E-state index is -1.87. The summed E-state index contributed by atoms with van der Waals surface area (Å²) in [6, 6.07) is 5.06. The van der Waals surface area contributed by atoms with Crippen LogP contribution in [-0.4, -0.2) is 55.7 Å². The van der Waals surface area contributed by atoms with Crippen LogP contribution >= 0.6 is 0 Å². The molecule has 0 amide bonds. The molecule has 0 saturated carbocycles. The van der Waals surface area contributed by atoms with Crippen molar-refractivity contribution in [1.29, 1.82) is 5.26 Å². The average molecular weight is 347 g/mol. The summed E-state index contributed by atoms with van der Waals surface area (Å²) in [5.41, 5.74) is 4.60. The van der Waals surface area contributed by atoms with Gasteiger partial charge < -0.3 is 25.4 Å². The number of aliphatic hydroxyl groups excluding tert-OH is 2. The predicted molar refractivity (Wildman–Crippen MR) is 82.8 cm³/mol. The monoisotopic (exact) mass is 347 g/mol. The molecule has 0 spiro atoms. The minimum absolute atomic E-state index is 0.142. The zero-order valence-electron chi connectivity index (χ0n) is 13.4. The summed E-state index contributed by atoms with van der Waals surface area (Å²) in [5.74, 6) is -0.334. The van der Waals surface area contributed by atoms with Crippen LogP contribution in [-0.2, 0) is 19.9 Å². The van der Waals surface area contributed by atoms with Crippen LogP contribution in [0.15, 0.2) is 18.5 Å². The second-order valence-corrected chi connectivity index (χ2v) is 5.67. The molecule has 3 rings (SSSR count). The Morgan fingerprint density at radius 2 is 2.32 bits per heavy atom. The first-order valence-corrected chi connectivity index (χ1v) is 7.64. The molecule has 1 aliphatic heterocycles. The first kappa shape index (κ1) is 17.1. The van der Waals surface area contributed by atoms with Gasteiger partial charge in [0.1, 0.15) is 37.3 Å². The van der Waals surface area contributed by atoms with Gasteiger partial charge >= 0.3 is 5.97 Å². The molecule has 0 unspecified atom stereocenters. The number of rotatable bonds is 4. The van der Waals surface area contributed by atoms with Crippen molar-refractivity contribution < 1.29 is 24.5 Å². The number of nitrogens with zero attached hydrogens (tertiary/aromatic N) is 4. The van der Waals surface area contributed by atoms with E-state index in [0.29, 0.717) is 5.52 Å². The van der Waals surface area contributed by atoms with Crippen LogP contribution in [0.1, 0.15) is 19.0 Å². The van der Waals surface area contributed by atoms with Crippen molar-refractivity contribution in [1.82, 2.24) is 14.6 Å². The highest BCUT2D eigenvalue weighted by atomic mass is 16.6. The smallest absolute Gasteiger partial charge is 0.305 e. The Labute approximate surface area is 142 Å². The molecule has 0 radical (unpaired) electrons. The molecule has 1 fully saturated rings. The summed E-state index contributed by atoms with van der Waals surface area (Å²) >= 11 is 0. The van der Waals surface area contributed by atoms with Crippen molar-refractivity contribution in [2.45, 2.75) is 37.3 Å². The molecule has 10 nitrogen and oxygen atoms in total. The highest BCUT2D eigenvalue weighted by Gasteiger charge is 2.57. The fourth-order valence-electron chi connectivity index (χ4n) is 2.87. The molecule has 0 aliphatic carbocycles. The Morgan fingerprint density at radius 3 is 3.00 bits per heavy atom. The summed E-state index contributed by atoms with van der Waals surface area (Å²) in [6.45, 7) is 1.35. The normalized spacial score (nSPS) is 28.8. The van der Waals surface area contributed by atoms with Crippen LogP contribution < -0.4 is 5.73 Å². The van der Waals surface area contributed by atoms with Crippen molar-refractivity contribution in [3.63, 3.8) is 0 Å². The lowest BCUT2D eigenvalue weighted by Gasteiger charge is -2.24. The van der Waals surface area contributed by atoms with Crippen LogP contribution in [0.25, 0.3) is 5.52 Å². The number of carbonyl (C=O) groups excluding carboxylic acids is 1. The van der Waals surface area contributed by atoms with Gasteiger partial charge in [-0.3, -0.25) is 9.20 Å². The number of esters is 1. The number of anilines is 1. The highest BCUT2D eigenvalue weighted by molar-refractivity contribution is 5.69. The number of aliphatic hydroxyl groups is 2. The number of carbonyl (C=O) groups is 1. The SMILES string of the molecule is CCC(=O)OC[C@H]1O[C@@](C#N)(c2ccc3c(N)nncn23)[C@H](O)[C@@H]1O. The average Bonchev–Trinajstić information content (AvgIpc) is 3.16. The topological polar surface area (TPSA) is 156 Å². The maximum Gasteiger partial charge on any atom is 0.305 e. The largest absolute Gasteiger partial charge is 0.463 e. The van der Waals surface area contributed by atoms with E-state index < -0.39 is 29.9 Å². The first-order chi connectivity index (χ1) is 11.9. The molecule has 0 bridgehead atoms. The Kier molecular flexibility index (Phi) is 4.30. The number of fused-ring (bicyclic) bond motifs is 1. The molecule has 4 N–H and O–H groups in total. The van der Waals surface area contributed by atoms with E-state index in [1.54, 1.807) is 13.0 Å². The molecule has 2 aromatic rings. The Morgan fingerprint density at radius 1 is 1.56 bits per heavy atom. The summed E-state index contributed by atoms with van der Waals surface area (Å²) in [5, 5.41) is 37.9. The van der Waals surface area contributed by atoms with E-state index in [1.165, 1.54) is 16.8 Å². The van der Waals surface area contributed by atoms with E-state index in [9.17, 15) is 20.3 Å². The number of ether oxygens (including phenoxy) is 2. The molecule has 2 aromatic heterocycles. The Hall–Kier alpha value is -2.74. The quantitative estimate of drug-likeness (QED) is 0.596. The molecule has 1 saturated heterocycles. The van der Waals surface area contributed by atoms with E-state index in [4.69, 9.17) is 15.2 Å². The maximum absolute atomic E-state index is 11.3. The zero-order chi connectivity index (χ0) is 18.2. The third kappa shape index (κ3) is 2.58. The van der Waals surface area contributed by atoms with Crippen molar-refractivity contribution in [2.75, 3.05) is 12.3 Å². The lowest BCUT2D eigenvalue weighted by atomic mass is 9.92. The van der Waals surface area contributed by atoms with E-state index in [2.05, 4.69) is 10.2 Å². The lowest BCUT2D eigenvalue weighted by molar-refractivity contribution is -0.150. The number of aromatic nitrogens is 3. The lowest BCUT2D eigenvalue weighted by Crippen LogP contribution is -2.40. The fraction of sp³-hybridized carbons (Fsp3) is 0.467.